The molecule has 0 fully saturated rings. The van der Waals surface area contributed by atoms with Crippen LogP contribution in [-0.4, -0.2) is 18.5 Å². The zero-order valence-electron chi connectivity index (χ0n) is 10.6. The van der Waals surface area contributed by atoms with Gasteiger partial charge in [-0.2, -0.15) is 0 Å². The molecule has 5 heteroatoms. The predicted molar refractivity (Wildman–Crippen MR) is 73.6 cm³/mol. The molecule has 1 atom stereocenters. The molecule has 0 bridgehead atoms. The Morgan fingerprint density at radius 1 is 1.42 bits per heavy atom. The van der Waals surface area contributed by atoms with Crippen molar-refractivity contribution in [2.45, 2.75) is 25.8 Å². The van der Waals surface area contributed by atoms with Crippen LogP contribution in [0.1, 0.15) is 24.1 Å². The van der Waals surface area contributed by atoms with Gasteiger partial charge in [0.2, 0.25) is 0 Å². The molecule has 102 valence electrons. The highest BCUT2D eigenvalue weighted by Crippen LogP contribution is 2.19. The molecule has 0 spiro atoms. The monoisotopic (exact) mass is 279 g/mol. The van der Waals surface area contributed by atoms with Crippen molar-refractivity contribution in [1.82, 2.24) is 5.32 Å². The lowest BCUT2D eigenvalue weighted by Crippen LogP contribution is -2.30. The first-order valence-electron chi connectivity index (χ1n) is 6.36. The van der Waals surface area contributed by atoms with Crippen molar-refractivity contribution in [3.63, 3.8) is 0 Å². The molecule has 0 aromatic carbocycles. The zero-order valence-corrected chi connectivity index (χ0v) is 11.4. The fraction of sp³-hybridized carbons (Fsp3) is 0.429. The van der Waals surface area contributed by atoms with Crippen LogP contribution >= 0.6 is 11.3 Å². The van der Waals surface area contributed by atoms with Crippen LogP contribution in [0.4, 0.5) is 0 Å². The van der Waals surface area contributed by atoms with E-state index in [1.807, 2.05) is 23.6 Å². The first-order chi connectivity index (χ1) is 9.25. The Balaban J connectivity index is 1.65. The van der Waals surface area contributed by atoms with Crippen LogP contribution in [0.5, 0.6) is 0 Å². The van der Waals surface area contributed by atoms with Gasteiger partial charge in [0.15, 0.2) is 6.61 Å². The highest BCUT2D eigenvalue weighted by Gasteiger charge is 2.20. The minimum Gasteiger partial charge on any atom is -0.455 e. The molecule has 2 rings (SSSR count). The summed E-state index contributed by atoms with van der Waals surface area (Å²) in [6.45, 7) is 0.296. The van der Waals surface area contributed by atoms with Gasteiger partial charge in [-0.3, -0.25) is 9.59 Å². The number of carbonyl (C=O) groups is 2. The van der Waals surface area contributed by atoms with Crippen molar-refractivity contribution < 1.29 is 14.3 Å². The van der Waals surface area contributed by atoms with E-state index >= 15 is 0 Å². The summed E-state index contributed by atoms with van der Waals surface area (Å²) in [7, 11) is 0. The van der Waals surface area contributed by atoms with E-state index < -0.39 is 0 Å². The van der Waals surface area contributed by atoms with E-state index in [-0.39, 0.29) is 24.4 Å². The van der Waals surface area contributed by atoms with Gasteiger partial charge in [-0.15, -0.1) is 11.3 Å². The molecule has 1 N–H and O–H groups in total. The summed E-state index contributed by atoms with van der Waals surface area (Å²) in [6.07, 6.45) is 6.50. The summed E-state index contributed by atoms with van der Waals surface area (Å²) in [5, 5.41) is 4.68. The lowest BCUT2D eigenvalue weighted by molar-refractivity contribution is -0.152. The molecule has 1 aliphatic carbocycles. The molecule has 1 aromatic rings. The van der Waals surface area contributed by atoms with E-state index in [4.69, 9.17) is 4.74 Å². The average molecular weight is 279 g/mol. The molecule has 1 amide bonds. The highest BCUT2D eigenvalue weighted by atomic mass is 32.1. The lowest BCUT2D eigenvalue weighted by Gasteiger charge is -2.16. The first kappa shape index (κ1) is 13.8. The Morgan fingerprint density at radius 3 is 3.00 bits per heavy atom. The molecule has 4 nitrogen and oxygen atoms in total. The Bertz CT molecular complexity index is 453. The summed E-state index contributed by atoms with van der Waals surface area (Å²) in [5.41, 5.74) is 0. The van der Waals surface area contributed by atoms with Crippen LogP contribution in [0, 0.1) is 5.92 Å². The van der Waals surface area contributed by atoms with Crippen molar-refractivity contribution in [3.05, 3.63) is 34.5 Å². The van der Waals surface area contributed by atoms with Crippen molar-refractivity contribution in [3.8, 4) is 0 Å². The van der Waals surface area contributed by atoms with E-state index in [1.54, 1.807) is 11.3 Å². The quantitative estimate of drug-likeness (QED) is 0.664. The van der Waals surface area contributed by atoms with Crippen LogP contribution in [0.15, 0.2) is 29.7 Å². The van der Waals surface area contributed by atoms with Gasteiger partial charge in [0.25, 0.3) is 5.91 Å². The number of carbonyl (C=O) groups excluding carboxylic acids is 2. The van der Waals surface area contributed by atoms with Gasteiger partial charge in [0.05, 0.1) is 12.5 Å². The van der Waals surface area contributed by atoms with Gasteiger partial charge in [0, 0.05) is 4.88 Å². The van der Waals surface area contributed by atoms with Gasteiger partial charge >= 0.3 is 5.97 Å². The number of esters is 1. The predicted octanol–water partition coefficient (Wildman–Crippen LogP) is 2.26. The number of hydrogen-bond donors (Lipinski definition) is 1. The normalized spacial score (nSPS) is 18.0. The van der Waals surface area contributed by atoms with Crippen LogP contribution in [0.25, 0.3) is 0 Å². The van der Waals surface area contributed by atoms with Crippen molar-refractivity contribution >= 4 is 23.2 Å². The van der Waals surface area contributed by atoms with E-state index in [9.17, 15) is 9.59 Å². The molecule has 1 aromatic heterocycles. The van der Waals surface area contributed by atoms with E-state index in [0.29, 0.717) is 6.54 Å². The maximum Gasteiger partial charge on any atom is 0.309 e. The Hall–Kier alpha value is -1.62. The number of ether oxygens (including phenoxy) is 1. The minimum atomic E-state index is -0.268. The third-order valence-electron chi connectivity index (χ3n) is 2.99. The van der Waals surface area contributed by atoms with Crippen molar-refractivity contribution in [2.24, 2.45) is 5.92 Å². The third kappa shape index (κ3) is 4.52. The molecule has 0 saturated carbocycles. The van der Waals surface area contributed by atoms with Gasteiger partial charge in [0.1, 0.15) is 0 Å². The minimum absolute atomic E-state index is 0.0879. The summed E-state index contributed by atoms with van der Waals surface area (Å²) in [6, 6.07) is 3.88. The SMILES string of the molecule is O=C(COC(=O)C1CC=CCC1)NCc1cccs1. The summed E-state index contributed by atoms with van der Waals surface area (Å²) in [4.78, 5) is 24.3. The fourth-order valence-corrected chi connectivity index (χ4v) is 2.56. The maximum atomic E-state index is 11.7. The third-order valence-corrected chi connectivity index (χ3v) is 3.86. The van der Waals surface area contributed by atoms with Gasteiger partial charge < -0.3 is 10.1 Å². The van der Waals surface area contributed by atoms with Crippen LogP contribution in [0.3, 0.4) is 0 Å². The summed E-state index contributed by atoms with van der Waals surface area (Å²) >= 11 is 1.58. The number of thiophene rings is 1. The second-order valence-electron chi connectivity index (χ2n) is 4.45. The molecular formula is C14H17NO3S. The van der Waals surface area contributed by atoms with Gasteiger partial charge in [-0.1, -0.05) is 18.2 Å². The topological polar surface area (TPSA) is 55.4 Å². The highest BCUT2D eigenvalue weighted by molar-refractivity contribution is 7.09. The number of allylic oxidation sites excluding steroid dienone is 2. The molecule has 19 heavy (non-hydrogen) atoms. The number of hydrogen-bond acceptors (Lipinski definition) is 4. The van der Waals surface area contributed by atoms with Gasteiger partial charge in [-0.25, -0.2) is 0 Å². The molecule has 0 radical (unpaired) electrons. The summed E-state index contributed by atoms with van der Waals surface area (Å²) in [5.74, 6) is -0.612. The standard InChI is InChI=1S/C14H17NO3S/c16-13(15-9-12-7-4-8-19-12)10-18-14(17)11-5-2-1-3-6-11/h1-2,4,7-8,11H,3,5-6,9-10H2,(H,15,16). The van der Waals surface area contributed by atoms with Crippen molar-refractivity contribution in [1.29, 1.82) is 0 Å². The fourth-order valence-electron chi connectivity index (χ4n) is 1.91. The Morgan fingerprint density at radius 2 is 2.32 bits per heavy atom. The number of nitrogens with one attached hydrogen (secondary N) is 1. The van der Waals surface area contributed by atoms with Crippen LogP contribution < -0.4 is 5.32 Å². The van der Waals surface area contributed by atoms with E-state index in [0.717, 1.165) is 24.1 Å². The molecule has 0 saturated heterocycles. The smallest absolute Gasteiger partial charge is 0.309 e. The molecule has 0 aliphatic heterocycles. The average Bonchev–Trinajstić information content (AvgIpc) is 2.96. The maximum absolute atomic E-state index is 11.7. The van der Waals surface area contributed by atoms with E-state index in [1.165, 1.54) is 0 Å². The van der Waals surface area contributed by atoms with Crippen LogP contribution in [0.2, 0.25) is 0 Å². The second-order valence-corrected chi connectivity index (χ2v) is 5.48. The Labute approximate surface area is 116 Å². The second kappa shape index (κ2) is 7.09. The molecule has 1 aliphatic rings. The van der Waals surface area contributed by atoms with Gasteiger partial charge in [-0.05, 0) is 30.7 Å². The summed E-state index contributed by atoms with van der Waals surface area (Å²) < 4.78 is 5.03. The Kier molecular flexibility index (Phi) is 5.15. The lowest BCUT2D eigenvalue weighted by atomic mass is 9.95. The van der Waals surface area contributed by atoms with E-state index in [2.05, 4.69) is 11.4 Å². The molecule has 1 heterocycles. The van der Waals surface area contributed by atoms with Crippen LogP contribution in [-0.2, 0) is 20.9 Å². The largest absolute Gasteiger partial charge is 0.455 e. The number of rotatable bonds is 5. The van der Waals surface area contributed by atoms with Crippen molar-refractivity contribution in [2.75, 3.05) is 6.61 Å². The first-order valence-corrected chi connectivity index (χ1v) is 7.24. The molecular weight excluding hydrogens is 262 g/mol. The molecule has 1 unspecified atom stereocenters. The zero-order chi connectivity index (χ0) is 13.5. The number of amides is 1.